The highest BCUT2D eigenvalue weighted by molar-refractivity contribution is 7.85. The lowest BCUT2D eigenvalue weighted by Gasteiger charge is -2.29. The van der Waals surface area contributed by atoms with Crippen LogP contribution in [0.1, 0.15) is 64.7 Å². The van der Waals surface area contributed by atoms with E-state index in [-0.39, 0.29) is 16.7 Å². The molecule has 0 aliphatic carbocycles. The summed E-state index contributed by atoms with van der Waals surface area (Å²) in [5.74, 6) is 1.68. The molecule has 0 spiro atoms. The molecule has 5 heteroatoms. The van der Waals surface area contributed by atoms with Gasteiger partial charge < -0.3 is 10.0 Å². The van der Waals surface area contributed by atoms with Crippen LogP contribution in [0, 0.1) is 0 Å². The van der Waals surface area contributed by atoms with Gasteiger partial charge in [0.25, 0.3) is 0 Å². The Morgan fingerprint density at radius 2 is 1.50 bits per heavy atom. The average Bonchev–Trinajstić information content (AvgIpc) is 2.52. The molecule has 0 atom stereocenters. The monoisotopic (exact) mass is 379 g/mol. The van der Waals surface area contributed by atoms with E-state index >= 15 is 0 Å². The molecule has 1 fully saturated rings. The van der Waals surface area contributed by atoms with Crippen molar-refractivity contribution >= 4 is 16.7 Å². The summed E-state index contributed by atoms with van der Waals surface area (Å²) >= 11 is 0. The summed E-state index contributed by atoms with van der Waals surface area (Å²) in [7, 11) is -0.768. The van der Waals surface area contributed by atoms with Crippen LogP contribution in [-0.2, 0) is 32.8 Å². The summed E-state index contributed by atoms with van der Waals surface area (Å²) in [6.45, 7) is 13.8. The first-order valence-electron chi connectivity index (χ1n) is 9.39. The zero-order chi connectivity index (χ0) is 19.7. The quantitative estimate of drug-likeness (QED) is 0.874. The largest absolute Gasteiger partial charge is 0.507 e. The predicted octanol–water partition coefficient (Wildman–Crippen LogP) is 3.51. The summed E-state index contributed by atoms with van der Waals surface area (Å²) < 4.78 is 11.5. The normalized spacial score (nSPS) is 16.8. The predicted molar refractivity (Wildman–Crippen MR) is 108 cm³/mol. The average molecular weight is 380 g/mol. The number of hydrogen-bond acceptors (Lipinski definition) is 3. The van der Waals surface area contributed by atoms with Gasteiger partial charge in [0.15, 0.2) is 0 Å². The van der Waals surface area contributed by atoms with Gasteiger partial charge in [-0.25, -0.2) is 0 Å². The summed E-state index contributed by atoms with van der Waals surface area (Å²) in [4.78, 5) is 14.3. The van der Waals surface area contributed by atoms with Crippen LogP contribution in [0.4, 0.5) is 0 Å². The molecule has 1 aliphatic heterocycles. The Kier molecular flexibility index (Phi) is 6.21. The number of carbonyl (C=O) groups is 1. The van der Waals surface area contributed by atoms with Crippen molar-refractivity contribution in [2.45, 2.75) is 65.2 Å². The van der Waals surface area contributed by atoms with E-state index in [1.165, 1.54) is 0 Å². The Bertz CT molecular complexity index is 653. The minimum Gasteiger partial charge on any atom is -0.507 e. The summed E-state index contributed by atoms with van der Waals surface area (Å²) in [6.07, 6.45) is 1.11. The van der Waals surface area contributed by atoms with Crippen LogP contribution in [0.25, 0.3) is 0 Å². The summed E-state index contributed by atoms with van der Waals surface area (Å²) in [5, 5.41) is 10.8. The minimum absolute atomic E-state index is 0.129. The van der Waals surface area contributed by atoms with Crippen LogP contribution < -0.4 is 0 Å². The SMILES string of the molecule is CC(C)(C)c1cc(CCC(=O)N2CCS(=O)CC2)cc(C(C)(C)C)c1O. The Morgan fingerprint density at radius 3 is 1.92 bits per heavy atom. The van der Waals surface area contributed by atoms with Gasteiger partial charge in [0.05, 0.1) is 0 Å². The second-order valence-electron chi connectivity index (χ2n) is 9.27. The molecule has 2 rings (SSSR count). The van der Waals surface area contributed by atoms with Crippen molar-refractivity contribution in [1.82, 2.24) is 4.90 Å². The number of hydrogen-bond donors (Lipinski definition) is 1. The molecule has 1 aromatic rings. The second kappa shape index (κ2) is 7.71. The van der Waals surface area contributed by atoms with Gasteiger partial charge in [-0.3, -0.25) is 9.00 Å². The summed E-state index contributed by atoms with van der Waals surface area (Å²) in [5.41, 5.74) is 2.62. The van der Waals surface area contributed by atoms with E-state index in [2.05, 4.69) is 41.5 Å². The molecule has 146 valence electrons. The van der Waals surface area contributed by atoms with E-state index in [9.17, 15) is 14.1 Å². The molecule has 1 aliphatic rings. The molecule has 26 heavy (non-hydrogen) atoms. The maximum absolute atomic E-state index is 12.5. The minimum atomic E-state index is -0.768. The molecule has 4 nitrogen and oxygen atoms in total. The number of amides is 1. The molecule has 0 radical (unpaired) electrons. The number of aromatic hydroxyl groups is 1. The number of benzene rings is 1. The van der Waals surface area contributed by atoms with Crippen molar-refractivity contribution in [1.29, 1.82) is 0 Å². The van der Waals surface area contributed by atoms with Crippen LogP contribution in [-0.4, -0.2) is 44.7 Å². The number of aryl methyl sites for hydroxylation is 1. The van der Waals surface area contributed by atoms with Crippen LogP contribution in [0.5, 0.6) is 5.75 Å². The van der Waals surface area contributed by atoms with Crippen LogP contribution in [0.3, 0.4) is 0 Å². The molecule has 1 aromatic carbocycles. The lowest BCUT2D eigenvalue weighted by atomic mass is 9.78. The van der Waals surface area contributed by atoms with Gasteiger partial charge in [-0.2, -0.15) is 0 Å². The van der Waals surface area contributed by atoms with Crippen molar-refractivity contribution in [2.24, 2.45) is 0 Å². The van der Waals surface area contributed by atoms with E-state index < -0.39 is 10.8 Å². The smallest absolute Gasteiger partial charge is 0.222 e. The molecule has 1 N–H and O–H groups in total. The topological polar surface area (TPSA) is 57.6 Å². The first-order valence-corrected chi connectivity index (χ1v) is 10.9. The van der Waals surface area contributed by atoms with Gasteiger partial charge in [0.1, 0.15) is 5.75 Å². The van der Waals surface area contributed by atoms with Gasteiger partial charge in [0, 0.05) is 41.8 Å². The van der Waals surface area contributed by atoms with Gasteiger partial charge in [0.2, 0.25) is 5.91 Å². The Balaban J connectivity index is 2.21. The maximum Gasteiger partial charge on any atom is 0.222 e. The molecule has 0 unspecified atom stereocenters. The zero-order valence-corrected chi connectivity index (χ0v) is 17.8. The maximum atomic E-state index is 12.5. The zero-order valence-electron chi connectivity index (χ0n) is 17.0. The Hall–Kier alpha value is -1.36. The number of nitrogens with zero attached hydrogens (tertiary/aromatic N) is 1. The van der Waals surface area contributed by atoms with E-state index in [1.54, 1.807) is 0 Å². The third-order valence-electron chi connectivity index (χ3n) is 4.94. The van der Waals surface area contributed by atoms with E-state index in [1.807, 2.05) is 17.0 Å². The van der Waals surface area contributed by atoms with Crippen molar-refractivity contribution in [3.63, 3.8) is 0 Å². The van der Waals surface area contributed by atoms with E-state index in [0.717, 1.165) is 16.7 Å². The van der Waals surface area contributed by atoms with Crippen LogP contribution in [0.15, 0.2) is 12.1 Å². The molecule has 1 amide bonds. The first kappa shape index (κ1) is 20.9. The third-order valence-corrected chi connectivity index (χ3v) is 6.22. The molecular formula is C21H33NO3S. The molecule has 0 bridgehead atoms. The van der Waals surface area contributed by atoms with E-state index in [0.29, 0.717) is 43.2 Å². The van der Waals surface area contributed by atoms with Crippen LogP contribution in [0.2, 0.25) is 0 Å². The fourth-order valence-corrected chi connectivity index (χ4v) is 4.33. The van der Waals surface area contributed by atoms with Crippen molar-refractivity contribution in [3.05, 3.63) is 28.8 Å². The summed E-state index contributed by atoms with van der Waals surface area (Å²) in [6, 6.07) is 4.09. The number of rotatable bonds is 3. The van der Waals surface area contributed by atoms with Gasteiger partial charge in [-0.1, -0.05) is 53.7 Å². The first-order chi connectivity index (χ1) is 11.9. The molecular weight excluding hydrogens is 346 g/mol. The Morgan fingerprint density at radius 1 is 1.04 bits per heavy atom. The van der Waals surface area contributed by atoms with Crippen molar-refractivity contribution in [3.8, 4) is 5.75 Å². The highest BCUT2D eigenvalue weighted by atomic mass is 32.2. The molecule has 1 heterocycles. The fourth-order valence-electron chi connectivity index (χ4n) is 3.28. The Labute approximate surface area is 160 Å². The fraction of sp³-hybridized carbons (Fsp3) is 0.667. The highest BCUT2D eigenvalue weighted by Crippen LogP contribution is 2.40. The number of phenolic OH excluding ortho intramolecular Hbond substituents is 1. The van der Waals surface area contributed by atoms with Crippen LogP contribution >= 0.6 is 0 Å². The lowest BCUT2D eigenvalue weighted by Crippen LogP contribution is -2.41. The van der Waals surface area contributed by atoms with Gasteiger partial charge >= 0.3 is 0 Å². The second-order valence-corrected chi connectivity index (χ2v) is 11.0. The molecule has 0 aromatic heterocycles. The van der Waals surface area contributed by atoms with Gasteiger partial charge in [-0.15, -0.1) is 0 Å². The third kappa shape index (κ3) is 5.09. The van der Waals surface area contributed by atoms with Crippen molar-refractivity contribution < 1.29 is 14.1 Å². The molecule has 1 saturated heterocycles. The van der Waals surface area contributed by atoms with Crippen molar-refractivity contribution in [2.75, 3.05) is 24.6 Å². The number of carbonyl (C=O) groups excluding carboxylic acids is 1. The molecule has 0 saturated carbocycles. The van der Waals surface area contributed by atoms with Gasteiger partial charge in [-0.05, 0) is 33.9 Å². The number of phenols is 1. The highest BCUT2D eigenvalue weighted by Gasteiger charge is 2.27. The van der Waals surface area contributed by atoms with E-state index in [4.69, 9.17) is 0 Å². The lowest BCUT2D eigenvalue weighted by molar-refractivity contribution is -0.130. The standard InChI is InChI=1S/C21H33NO3S/c1-20(2,3)16-13-15(14-17(19(16)24)21(4,5)6)7-8-18(23)22-9-11-26(25)12-10-22/h13-14,24H,7-12H2,1-6H3.